The molecule has 1 aromatic rings. The van der Waals surface area contributed by atoms with E-state index >= 15 is 0 Å². The van der Waals surface area contributed by atoms with Crippen molar-refractivity contribution in [1.29, 1.82) is 0 Å². The number of rotatable bonds is 7. The van der Waals surface area contributed by atoms with Crippen molar-refractivity contribution in [2.24, 2.45) is 0 Å². The van der Waals surface area contributed by atoms with Crippen molar-refractivity contribution in [3.8, 4) is 0 Å². The standard InChI is InChI=1S/C17H31N5O2/c1-6-13(7-2)22-16(12(4)9-18-22)20-17(23)19-14-10-21(5)11-15(14)24-8-3/h9,13-15H,6-8,10-11H2,1-5H3,(H2,19,20,23)/t14-,15-/m1/s1. The normalized spacial score (nSPS) is 21.4. The quantitative estimate of drug-likeness (QED) is 0.801. The van der Waals surface area contributed by atoms with Crippen LogP contribution in [0.2, 0.25) is 0 Å². The largest absolute Gasteiger partial charge is 0.375 e. The molecule has 2 amide bonds. The molecule has 7 nitrogen and oxygen atoms in total. The summed E-state index contributed by atoms with van der Waals surface area (Å²) >= 11 is 0. The molecule has 2 rings (SSSR count). The van der Waals surface area contributed by atoms with Gasteiger partial charge >= 0.3 is 6.03 Å². The number of amides is 2. The number of anilines is 1. The Bertz CT molecular complexity index is 541. The lowest BCUT2D eigenvalue weighted by Crippen LogP contribution is -2.46. The zero-order valence-corrected chi connectivity index (χ0v) is 15.5. The summed E-state index contributed by atoms with van der Waals surface area (Å²) in [4.78, 5) is 14.7. The van der Waals surface area contributed by atoms with Crippen LogP contribution in [0.5, 0.6) is 0 Å². The van der Waals surface area contributed by atoms with Crippen LogP contribution in [0, 0.1) is 6.92 Å². The van der Waals surface area contributed by atoms with Crippen molar-refractivity contribution in [2.45, 2.75) is 58.7 Å². The highest BCUT2D eigenvalue weighted by atomic mass is 16.5. The molecular formula is C17H31N5O2. The third-order valence-electron chi connectivity index (χ3n) is 4.64. The summed E-state index contributed by atoms with van der Waals surface area (Å²) in [7, 11) is 2.04. The molecule has 0 aromatic carbocycles. The van der Waals surface area contributed by atoms with Crippen molar-refractivity contribution in [3.05, 3.63) is 11.8 Å². The van der Waals surface area contributed by atoms with Gasteiger partial charge in [0.15, 0.2) is 0 Å². The molecule has 0 spiro atoms. The second-order valence-electron chi connectivity index (χ2n) is 6.51. The molecule has 1 saturated heterocycles. The highest BCUT2D eigenvalue weighted by Crippen LogP contribution is 2.23. The molecule has 24 heavy (non-hydrogen) atoms. The van der Waals surface area contributed by atoms with Crippen molar-refractivity contribution < 1.29 is 9.53 Å². The fourth-order valence-electron chi connectivity index (χ4n) is 3.31. The summed E-state index contributed by atoms with van der Waals surface area (Å²) in [5.74, 6) is 0.778. The summed E-state index contributed by atoms with van der Waals surface area (Å²) in [6.45, 7) is 10.5. The van der Waals surface area contributed by atoms with Gasteiger partial charge in [-0.2, -0.15) is 5.10 Å². The number of likely N-dealkylation sites (N-methyl/N-ethyl adjacent to an activating group) is 1. The highest BCUT2D eigenvalue weighted by molar-refractivity contribution is 5.89. The van der Waals surface area contributed by atoms with Gasteiger partial charge in [0.05, 0.1) is 24.4 Å². The highest BCUT2D eigenvalue weighted by Gasteiger charge is 2.32. The molecule has 2 N–H and O–H groups in total. The number of likely N-dealkylation sites (tertiary alicyclic amines) is 1. The van der Waals surface area contributed by atoms with E-state index in [9.17, 15) is 4.79 Å². The predicted molar refractivity (Wildman–Crippen MR) is 95.4 cm³/mol. The fraction of sp³-hybridized carbons (Fsp3) is 0.765. The van der Waals surface area contributed by atoms with Gasteiger partial charge in [0, 0.05) is 25.3 Å². The van der Waals surface area contributed by atoms with E-state index in [-0.39, 0.29) is 18.2 Å². The van der Waals surface area contributed by atoms with Crippen molar-refractivity contribution >= 4 is 11.8 Å². The summed E-state index contributed by atoms with van der Waals surface area (Å²) in [5, 5.41) is 10.5. The predicted octanol–water partition coefficient (Wildman–Crippen LogP) is 2.39. The molecule has 0 radical (unpaired) electrons. The number of nitrogens with one attached hydrogen (secondary N) is 2. The first-order chi connectivity index (χ1) is 11.5. The number of carbonyl (C=O) groups is 1. The second kappa shape index (κ2) is 8.48. The van der Waals surface area contributed by atoms with E-state index in [0.717, 1.165) is 37.3 Å². The first kappa shape index (κ1) is 18.7. The molecule has 0 unspecified atom stereocenters. The lowest BCUT2D eigenvalue weighted by molar-refractivity contribution is 0.0568. The minimum atomic E-state index is -0.198. The lowest BCUT2D eigenvalue weighted by Gasteiger charge is -2.21. The summed E-state index contributed by atoms with van der Waals surface area (Å²) < 4.78 is 7.67. The number of urea groups is 1. The van der Waals surface area contributed by atoms with Gasteiger partial charge in [-0.1, -0.05) is 13.8 Å². The average Bonchev–Trinajstić information content (AvgIpc) is 3.06. The Morgan fingerprint density at radius 3 is 2.71 bits per heavy atom. The van der Waals surface area contributed by atoms with Crippen molar-refractivity contribution in [1.82, 2.24) is 20.0 Å². The van der Waals surface area contributed by atoms with E-state index in [1.165, 1.54) is 0 Å². The van der Waals surface area contributed by atoms with Crippen LogP contribution in [-0.4, -0.2) is 59.6 Å². The smallest absolute Gasteiger partial charge is 0.320 e. The van der Waals surface area contributed by atoms with Gasteiger partial charge in [0.1, 0.15) is 5.82 Å². The monoisotopic (exact) mass is 337 g/mol. The van der Waals surface area contributed by atoms with Crippen molar-refractivity contribution in [2.75, 3.05) is 32.1 Å². The Morgan fingerprint density at radius 2 is 2.08 bits per heavy atom. The van der Waals surface area contributed by atoms with Gasteiger partial charge in [0.2, 0.25) is 0 Å². The SMILES string of the molecule is CCO[C@@H]1CN(C)C[C@H]1NC(=O)Nc1c(C)cnn1C(CC)CC. The second-order valence-corrected chi connectivity index (χ2v) is 6.51. The summed E-state index contributed by atoms with van der Waals surface area (Å²) in [6.07, 6.45) is 3.80. The van der Waals surface area contributed by atoms with Crippen LogP contribution in [0.4, 0.5) is 10.6 Å². The Labute approximate surface area is 144 Å². The number of carbonyl (C=O) groups excluding carboxylic acids is 1. The van der Waals surface area contributed by atoms with E-state index in [1.54, 1.807) is 6.20 Å². The van der Waals surface area contributed by atoms with E-state index in [2.05, 4.69) is 34.5 Å². The zero-order valence-electron chi connectivity index (χ0n) is 15.5. The first-order valence-electron chi connectivity index (χ1n) is 8.91. The molecule has 0 saturated carbocycles. The van der Waals surface area contributed by atoms with Gasteiger partial charge < -0.3 is 15.0 Å². The van der Waals surface area contributed by atoms with Gasteiger partial charge in [-0.3, -0.25) is 5.32 Å². The number of nitrogens with zero attached hydrogens (tertiary/aromatic N) is 3. The van der Waals surface area contributed by atoms with Crippen LogP contribution in [0.3, 0.4) is 0 Å². The number of hydrogen-bond acceptors (Lipinski definition) is 4. The van der Waals surface area contributed by atoms with E-state index in [1.807, 2.05) is 25.6 Å². The molecule has 7 heteroatoms. The van der Waals surface area contributed by atoms with Crippen LogP contribution in [0.25, 0.3) is 0 Å². The number of aryl methyl sites for hydroxylation is 1. The summed E-state index contributed by atoms with van der Waals surface area (Å²) in [5.41, 5.74) is 0.974. The molecule has 0 aliphatic carbocycles. The van der Waals surface area contributed by atoms with Gasteiger partial charge in [-0.15, -0.1) is 0 Å². The summed E-state index contributed by atoms with van der Waals surface area (Å²) in [6, 6.07) is 0.0957. The van der Waals surface area contributed by atoms with Gasteiger partial charge in [-0.05, 0) is 33.7 Å². The van der Waals surface area contributed by atoms with Crippen LogP contribution in [-0.2, 0) is 4.74 Å². The minimum absolute atomic E-state index is 0.000209. The Balaban J connectivity index is 2.03. The Kier molecular flexibility index (Phi) is 6.62. The third kappa shape index (κ3) is 4.27. The molecule has 136 valence electrons. The third-order valence-corrected chi connectivity index (χ3v) is 4.64. The van der Waals surface area contributed by atoms with Gasteiger partial charge in [-0.25, -0.2) is 9.48 Å². The van der Waals surface area contributed by atoms with Crippen LogP contribution in [0.15, 0.2) is 6.20 Å². The lowest BCUT2D eigenvalue weighted by atomic mass is 10.2. The fourth-order valence-corrected chi connectivity index (χ4v) is 3.31. The molecule has 2 heterocycles. The number of hydrogen-bond donors (Lipinski definition) is 2. The van der Waals surface area contributed by atoms with E-state index in [0.29, 0.717) is 12.6 Å². The number of aromatic nitrogens is 2. The van der Waals surface area contributed by atoms with Gasteiger partial charge in [0.25, 0.3) is 0 Å². The molecule has 1 aliphatic heterocycles. The topological polar surface area (TPSA) is 71.4 Å². The molecule has 1 aliphatic rings. The molecule has 1 aromatic heterocycles. The van der Waals surface area contributed by atoms with Crippen molar-refractivity contribution in [3.63, 3.8) is 0 Å². The van der Waals surface area contributed by atoms with Crippen LogP contribution < -0.4 is 10.6 Å². The maximum absolute atomic E-state index is 12.5. The minimum Gasteiger partial charge on any atom is -0.375 e. The Hall–Kier alpha value is -1.60. The van der Waals surface area contributed by atoms with Crippen LogP contribution >= 0.6 is 0 Å². The first-order valence-corrected chi connectivity index (χ1v) is 8.91. The average molecular weight is 337 g/mol. The maximum Gasteiger partial charge on any atom is 0.320 e. The molecule has 0 bridgehead atoms. The molecule has 2 atom stereocenters. The van der Waals surface area contributed by atoms with Crippen LogP contribution in [0.1, 0.15) is 45.2 Å². The van der Waals surface area contributed by atoms with E-state index in [4.69, 9.17) is 4.74 Å². The molecule has 1 fully saturated rings. The Morgan fingerprint density at radius 1 is 1.38 bits per heavy atom. The zero-order chi connectivity index (χ0) is 17.7. The number of ether oxygens (including phenoxy) is 1. The van der Waals surface area contributed by atoms with E-state index < -0.39 is 0 Å². The molecular weight excluding hydrogens is 306 g/mol. The maximum atomic E-state index is 12.5.